The van der Waals surface area contributed by atoms with Gasteiger partial charge in [-0.15, -0.1) is 0 Å². The van der Waals surface area contributed by atoms with E-state index in [1.54, 1.807) is 28.6 Å². The maximum Gasteiger partial charge on any atom is 0.250 e. The van der Waals surface area contributed by atoms with E-state index < -0.39 is 11.6 Å². The molecule has 1 aromatic heterocycles. The van der Waals surface area contributed by atoms with Gasteiger partial charge < -0.3 is 20.1 Å². The molecule has 3 rings (SSSR count). The summed E-state index contributed by atoms with van der Waals surface area (Å²) in [6.07, 6.45) is 2.53. The molecule has 8 heteroatoms. The van der Waals surface area contributed by atoms with E-state index >= 15 is 0 Å². The Morgan fingerprint density at radius 1 is 1.17 bits per heavy atom. The van der Waals surface area contributed by atoms with Crippen LogP contribution >= 0.6 is 0 Å². The van der Waals surface area contributed by atoms with Gasteiger partial charge in [-0.05, 0) is 44.4 Å². The molecule has 1 aliphatic heterocycles. The van der Waals surface area contributed by atoms with Crippen molar-refractivity contribution in [1.82, 2.24) is 15.2 Å². The van der Waals surface area contributed by atoms with Crippen LogP contribution in [0.25, 0.3) is 0 Å². The predicted molar refractivity (Wildman–Crippen MR) is 116 cm³/mol. The Morgan fingerprint density at radius 2 is 1.90 bits per heavy atom. The molecule has 1 aliphatic rings. The first-order chi connectivity index (χ1) is 14.5. The number of halogens is 2. The van der Waals surface area contributed by atoms with Crippen LogP contribution in [0.2, 0.25) is 0 Å². The first-order valence-corrected chi connectivity index (χ1v) is 10.3. The first-order valence-electron chi connectivity index (χ1n) is 10.3. The Kier molecular flexibility index (Phi) is 7.43. The highest BCUT2D eigenvalue weighted by Gasteiger charge is 2.27. The second kappa shape index (κ2) is 10.2. The molecular weight excluding hydrogens is 388 g/mol. The van der Waals surface area contributed by atoms with Crippen LogP contribution in [0.15, 0.2) is 46.2 Å². The van der Waals surface area contributed by atoms with Crippen molar-refractivity contribution in [3.05, 3.63) is 64.1 Å². The highest BCUT2D eigenvalue weighted by atomic mass is 19.1. The third kappa shape index (κ3) is 5.37. The van der Waals surface area contributed by atoms with E-state index in [0.29, 0.717) is 25.6 Å². The predicted octanol–water partition coefficient (Wildman–Crippen LogP) is 2.66. The Balaban J connectivity index is 1.43. The summed E-state index contributed by atoms with van der Waals surface area (Å²) in [5, 5.41) is 6.60. The van der Waals surface area contributed by atoms with E-state index in [0.717, 1.165) is 31.5 Å². The molecule has 2 aromatic rings. The number of guanidine groups is 1. The van der Waals surface area contributed by atoms with E-state index in [-0.39, 0.29) is 17.3 Å². The molecule has 1 saturated heterocycles. The Bertz CT molecular complexity index is 923. The molecule has 0 radical (unpaired) electrons. The molecule has 1 fully saturated rings. The van der Waals surface area contributed by atoms with Gasteiger partial charge in [0, 0.05) is 51.0 Å². The van der Waals surface area contributed by atoms with Gasteiger partial charge >= 0.3 is 0 Å². The molecular formula is C22H29F2N5O. The number of nitrogens with one attached hydrogen (secondary N) is 2. The van der Waals surface area contributed by atoms with Gasteiger partial charge in [0.1, 0.15) is 17.3 Å². The summed E-state index contributed by atoms with van der Waals surface area (Å²) in [4.78, 5) is 17.9. The molecule has 2 heterocycles. The molecule has 1 atom stereocenters. The minimum Gasteiger partial charge on any atom is -0.365 e. The first kappa shape index (κ1) is 21.8. The average molecular weight is 418 g/mol. The van der Waals surface area contributed by atoms with Gasteiger partial charge in [-0.25, -0.2) is 8.78 Å². The largest absolute Gasteiger partial charge is 0.365 e. The summed E-state index contributed by atoms with van der Waals surface area (Å²) in [6, 6.07) is 9.28. The van der Waals surface area contributed by atoms with Gasteiger partial charge in [-0.1, -0.05) is 12.1 Å². The zero-order valence-electron chi connectivity index (χ0n) is 17.5. The van der Waals surface area contributed by atoms with Crippen LogP contribution in [-0.2, 0) is 6.54 Å². The number of para-hydroxylation sites is 1. The number of aliphatic imine (C=N–C) groups is 1. The number of benzene rings is 1. The lowest BCUT2D eigenvalue weighted by Crippen LogP contribution is -2.45. The molecule has 0 spiro atoms. The number of anilines is 1. The Hall–Kier alpha value is -2.90. The quantitative estimate of drug-likeness (QED) is 0.413. The van der Waals surface area contributed by atoms with E-state index in [4.69, 9.17) is 0 Å². The van der Waals surface area contributed by atoms with Crippen LogP contribution in [0, 0.1) is 18.6 Å². The molecule has 1 unspecified atom stereocenters. The van der Waals surface area contributed by atoms with Crippen molar-refractivity contribution >= 4 is 11.6 Å². The number of hydrogen-bond donors (Lipinski definition) is 2. The summed E-state index contributed by atoms with van der Waals surface area (Å²) in [7, 11) is 1.70. The standard InChI is InChI=1S/C22H29F2N5O/c1-16-7-5-10-20(30)29(16)13-4-3-12-26-22(25-2)27-17-11-14-28(15-17)21-18(23)8-6-9-19(21)24/h5-10,17H,3-4,11-15H2,1-2H3,(H2,25,26,27). The number of hydrogen-bond acceptors (Lipinski definition) is 3. The third-order valence-corrected chi connectivity index (χ3v) is 5.38. The van der Waals surface area contributed by atoms with Gasteiger partial charge in [0.2, 0.25) is 0 Å². The van der Waals surface area contributed by atoms with E-state index in [1.807, 2.05) is 13.0 Å². The van der Waals surface area contributed by atoms with Crippen molar-refractivity contribution in [2.24, 2.45) is 4.99 Å². The number of aryl methyl sites for hydroxylation is 1. The summed E-state index contributed by atoms with van der Waals surface area (Å²) >= 11 is 0. The fraction of sp³-hybridized carbons (Fsp3) is 0.455. The zero-order chi connectivity index (χ0) is 21.5. The number of rotatable bonds is 7. The molecule has 162 valence electrons. The van der Waals surface area contributed by atoms with Crippen LogP contribution in [0.5, 0.6) is 0 Å². The fourth-order valence-electron chi connectivity index (χ4n) is 3.77. The molecule has 1 aromatic carbocycles. The summed E-state index contributed by atoms with van der Waals surface area (Å²) < 4.78 is 29.8. The highest BCUT2D eigenvalue weighted by molar-refractivity contribution is 5.80. The minimum absolute atomic E-state index is 0.0255. The van der Waals surface area contributed by atoms with Gasteiger partial charge in [0.05, 0.1) is 0 Å². The lowest BCUT2D eigenvalue weighted by Gasteiger charge is -2.21. The molecule has 30 heavy (non-hydrogen) atoms. The molecule has 2 N–H and O–H groups in total. The van der Waals surface area contributed by atoms with Crippen LogP contribution in [0.4, 0.5) is 14.5 Å². The summed E-state index contributed by atoms with van der Waals surface area (Å²) in [5.41, 5.74) is 1.03. The number of unbranched alkanes of at least 4 members (excludes halogenated alkanes) is 1. The van der Waals surface area contributed by atoms with E-state index in [2.05, 4.69) is 15.6 Å². The molecule has 6 nitrogen and oxygen atoms in total. The second-order valence-electron chi connectivity index (χ2n) is 7.51. The van der Waals surface area contributed by atoms with Gasteiger partial charge in [-0.3, -0.25) is 9.79 Å². The lowest BCUT2D eigenvalue weighted by molar-refractivity contribution is 0.569. The maximum absolute atomic E-state index is 14.0. The van der Waals surface area contributed by atoms with Crippen molar-refractivity contribution in [2.75, 3.05) is 31.6 Å². The lowest BCUT2D eigenvalue weighted by atomic mass is 10.2. The van der Waals surface area contributed by atoms with Gasteiger partial charge in [-0.2, -0.15) is 0 Å². The van der Waals surface area contributed by atoms with E-state index in [1.165, 1.54) is 18.2 Å². The van der Waals surface area contributed by atoms with Crippen LogP contribution < -0.4 is 21.1 Å². The van der Waals surface area contributed by atoms with Crippen molar-refractivity contribution in [3.8, 4) is 0 Å². The second-order valence-corrected chi connectivity index (χ2v) is 7.51. The Morgan fingerprint density at radius 3 is 2.60 bits per heavy atom. The van der Waals surface area contributed by atoms with Crippen molar-refractivity contribution in [2.45, 2.75) is 38.8 Å². The zero-order valence-corrected chi connectivity index (χ0v) is 17.5. The summed E-state index contributed by atoms with van der Waals surface area (Å²) in [5.74, 6) is -0.402. The fourth-order valence-corrected chi connectivity index (χ4v) is 3.77. The monoisotopic (exact) mass is 417 g/mol. The normalized spacial score (nSPS) is 16.7. The molecule has 0 bridgehead atoms. The van der Waals surface area contributed by atoms with E-state index in [9.17, 15) is 13.6 Å². The SMILES string of the molecule is CN=C(NCCCCn1c(C)cccc1=O)NC1CCN(c2c(F)cccc2F)C1. The van der Waals surface area contributed by atoms with Crippen molar-refractivity contribution < 1.29 is 8.78 Å². The smallest absolute Gasteiger partial charge is 0.250 e. The van der Waals surface area contributed by atoms with Crippen molar-refractivity contribution in [1.29, 1.82) is 0 Å². The van der Waals surface area contributed by atoms with Gasteiger partial charge in [0.25, 0.3) is 5.56 Å². The van der Waals surface area contributed by atoms with Crippen molar-refractivity contribution in [3.63, 3.8) is 0 Å². The minimum atomic E-state index is -0.536. The van der Waals surface area contributed by atoms with Gasteiger partial charge in [0.15, 0.2) is 5.96 Å². The molecule has 0 aliphatic carbocycles. The highest BCUT2D eigenvalue weighted by Crippen LogP contribution is 2.26. The third-order valence-electron chi connectivity index (χ3n) is 5.38. The Labute approximate surface area is 175 Å². The molecule has 0 amide bonds. The number of aromatic nitrogens is 1. The topological polar surface area (TPSA) is 61.7 Å². The van der Waals surface area contributed by atoms with Crippen LogP contribution in [-0.4, -0.2) is 43.3 Å². The maximum atomic E-state index is 14.0. The average Bonchev–Trinajstić information content (AvgIpc) is 3.16. The number of pyridine rings is 1. The van der Waals surface area contributed by atoms with Crippen LogP contribution in [0.3, 0.4) is 0 Å². The van der Waals surface area contributed by atoms with Crippen LogP contribution in [0.1, 0.15) is 25.0 Å². The molecule has 0 saturated carbocycles. The number of nitrogens with zero attached hydrogens (tertiary/aromatic N) is 3. The summed E-state index contributed by atoms with van der Waals surface area (Å²) in [6.45, 7) is 4.43.